The van der Waals surface area contributed by atoms with E-state index in [1.165, 1.54) is 51.4 Å². The van der Waals surface area contributed by atoms with Crippen molar-refractivity contribution in [2.75, 3.05) is 59.5 Å². The van der Waals surface area contributed by atoms with E-state index in [1.54, 1.807) is 0 Å². The van der Waals surface area contributed by atoms with Crippen molar-refractivity contribution in [3.63, 3.8) is 0 Å². The zero-order chi connectivity index (χ0) is 27.1. The van der Waals surface area contributed by atoms with Crippen LogP contribution in [-0.2, 0) is 28.4 Å². The minimum atomic E-state index is -0.468. The van der Waals surface area contributed by atoms with Gasteiger partial charge in [0.25, 0.3) is 0 Å². The van der Waals surface area contributed by atoms with Crippen molar-refractivity contribution in [2.45, 2.75) is 110 Å². The molecule has 1 heterocycles. The fourth-order valence-corrected chi connectivity index (χ4v) is 9.18. The zero-order valence-electron chi connectivity index (χ0n) is 25.3. The first-order valence-electron chi connectivity index (χ1n) is 15.8. The van der Waals surface area contributed by atoms with Crippen LogP contribution in [-0.4, -0.2) is 76.3 Å². The van der Waals surface area contributed by atoms with Crippen molar-refractivity contribution in [3.05, 3.63) is 0 Å². The lowest BCUT2D eigenvalue weighted by Crippen LogP contribution is -2.63. The van der Waals surface area contributed by atoms with Crippen molar-refractivity contribution in [1.29, 1.82) is 0 Å². The molecule has 0 radical (unpaired) electrons. The van der Waals surface area contributed by atoms with Crippen LogP contribution in [0.25, 0.3) is 0 Å². The van der Waals surface area contributed by atoms with Crippen LogP contribution < -0.4 is 0 Å². The summed E-state index contributed by atoms with van der Waals surface area (Å²) in [4.78, 5) is 0. The minimum absolute atomic E-state index is 0.121. The van der Waals surface area contributed by atoms with Gasteiger partial charge in [-0.3, -0.25) is 0 Å². The summed E-state index contributed by atoms with van der Waals surface area (Å²) in [5.41, 5.74) is -1.12. The maximum Gasteiger partial charge on any atom is 0.105 e. The van der Waals surface area contributed by atoms with Crippen molar-refractivity contribution >= 4 is 0 Å². The molecule has 1 aliphatic heterocycles. The molecule has 5 rings (SSSR count). The second-order valence-electron chi connectivity index (χ2n) is 14.7. The van der Waals surface area contributed by atoms with E-state index in [1.807, 2.05) is 0 Å². The number of ether oxygens (including phenoxy) is 6. The van der Waals surface area contributed by atoms with Gasteiger partial charge in [-0.1, -0.05) is 67.2 Å². The van der Waals surface area contributed by atoms with E-state index in [-0.39, 0.29) is 22.0 Å². The van der Waals surface area contributed by atoms with Gasteiger partial charge < -0.3 is 28.4 Å². The standard InChI is InChI=1S/C32H56O6/c1-28(2,3)30(29(4,5)6)23-36-20-19-34-16-15-33-17-18-35-21-22-37-31(24-11-7-8-12-25(24)31)32(38-30)26-13-9-10-14-27(26)32/h24-27H,7-23H2,1-6H3. The van der Waals surface area contributed by atoms with Gasteiger partial charge in [0.05, 0.1) is 59.5 Å². The lowest BCUT2D eigenvalue weighted by Gasteiger charge is -2.56. The highest BCUT2D eigenvalue weighted by Gasteiger charge is 2.88. The van der Waals surface area contributed by atoms with Gasteiger partial charge in [-0.25, -0.2) is 0 Å². The molecule has 0 aromatic rings. The maximum absolute atomic E-state index is 7.98. The summed E-state index contributed by atoms with van der Waals surface area (Å²) < 4.78 is 39.1. The summed E-state index contributed by atoms with van der Waals surface area (Å²) >= 11 is 0. The first-order chi connectivity index (χ1) is 18.1. The summed E-state index contributed by atoms with van der Waals surface area (Å²) in [5, 5.41) is 0. The molecule has 0 amide bonds. The van der Waals surface area contributed by atoms with Crippen molar-refractivity contribution < 1.29 is 28.4 Å². The van der Waals surface area contributed by atoms with Crippen LogP contribution in [0, 0.1) is 34.5 Å². The summed E-state index contributed by atoms with van der Waals surface area (Å²) in [5.74, 6) is 2.41. The van der Waals surface area contributed by atoms with Crippen LogP contribution in [0.15, 0.2) is 0 Å². The highest BCUT2D eigenvalue weighted by molar-refractivity contribution is 5.37. The third-order valence-corrected chi connectivity index (χ3v) is 10.9. The van der Waals surface area contributed by atoms with Crippen molar-refractivity contribution in [1.82, 2.24) is 0 Å². The molecular weight excluding hydrogens is 480 g/mol. The molecule has 0 N–H and O–H groups in total. The molecule has 4 saturated carbocycles. The Hall–Kier alpha value is -0.240. The number of hydrogen-bond donors (Lipinski definition) is 0. The molecule has 38 heavy (non-hydrogen) atoms. The first kappa shape index (κ1) is 29.3. The van der Waals surface area contributed by atoms with Crippen LogP contribution in [0.3, 0.4) is 0 Å². The normalized spacial score (nSPS) is 41.5. The van der Waals surface area contributed by atoms with Crippen LogP contribution in [0.4, 0.5) is 0 Å². The summed E-state index contributed by atoms with van der Waals surface area (Å²) in [7, 11) is 0. The molecule has 6 heteroatoms. The fourth-order valence-electron chi connectivity index (χ4n) is 9.18. The van der Waals surface area contributed by atoms with Gasteiger partial charge in [-0.2, -0.15) is 0 Å². The molecule has 1 saturated heterocycles. The molecule has 0 bridgehead atoms. The molecule has 2 spiro atoms. The second kappa shape index (κ2) is 11.2. The largest absolute Gasteiger partial charge is 0.377 e. The highest BCUT2D eigenvalue weighted by Crippen LogP contribution is 2.80. The van der Waals surface area contributed by atoms with Gasteiger partial charge >= 0.3 is 0 Å². The Morgan fingerprint density at radius 2 is 0.842 bits per heavy atom. The predicted octanol–water partition coefficient (Wildman–Crippen LogP) is 6.05. The second-order valence-corrected chi connectivity index (χ2v) is 14.7. The molecule has 0 aromatic carbocycles. The first-order valence-corrected chi connectivity index (χ1v) is 15.8. The third kappa shape index (κ3) is 4.91. The topological polar surface area (TPSA) is 55.4 Å². The van der Waals surface area contributed by atoms with Crippen LogP contribution in [0.1, 0.15) is 92.9 Å². The van der Waals surface area contributed by atoms with E-state index in [4.69, 9.17) is 28.4 Å². The van der Waals surface area contributed by atoms with Gasteiger partial charge in [-0.15, -0.1) is 0 Å². The maximum atomic E-state index is 7.98. The van der Waals surface area contributed by atoms with Crippen molar-refractivity contribution in [2.24, 2.45) is 34.5 Å². The number of hydrogen-bond acceptors (Lipinski definition) is 6. The van der Waals surface area contributed by atoms with Gasteiger partial charge in [-0.05, 0) is 60.2 Å². The quantitative estimate of drug-likeness (QED) is 0.376. The molecule has 4 unspecified atom stereocenters. The summed E-state index contributed by atoms with van der Waals surface area (Å²) in [6.07, 6.45) is 10.3. The van der Waals surface area contributed by atoms with E-state index in [2.05, 4.69) is 41.5 Å². The average Bonchev–Trinajstić information content (AvgIpc) is 3.73. The number of rotatable bonds is 0. The van der Waals surface area contributed by atoms with Gasteiger partial charge in [0.1, 0.15) is 16.8 Å². The molecule has 0 aromatic heterocycles. The molecule has 6 nitrogen and oxygen atoms in total. The summed E-state index contributed by atoms with van der Waals surface area (Å²) in [6.45, 7) is 19.4. The fraction of sp³-hybridized carbons (Fsp3) is 1.00. The van der Waals surface area contributed by atoms with Crippen LogP contribution in [0.5, 0.6) is 0 Å². The van der Waals surface area contributed by atoms with Gasteiger partial charge in [0.2, 0.25) is 0 Å². The lowest BCUT2D eigenvalue weighted by atomic mass is 9.62. The highest BCUT2D eigenvalue weighted by atomic mass is 16.6. The monoisotopic (exact) mass is 536 g/mol. The van der Waals surface area contributed by atoms with Crippen LogP contribution >= 0.6 is 0 Å². The molecule has 5 fully saturated rings. The molecular formula is C32H56O6. The Morgan fingerprint density at radius 3 is 1.26 bits per heavy atom. The Morgan fingerprint density at radius 1 is 0.474 bits per heavy atom. The Bertz CT molecular complexity index is 744. The molecule has 4 atom stereocenters. The molecule has 4 aliphatic carbocycles. The Balaban J connectivity index is 1.53. The van der Waals surface area contributed by atoms with E-state index in [0.29, 0.717) is 83.1 Å². The van der Waals surface area contributed by atoms with Gasteiger partial charge in [0, 0.05) is 0 Å². The predicted molar refractivity (Wildman–Crippen MR) is 148 cm³/mol. The molecule has 5 aliphatic rings. The minimum Gasteiger partial charge on any atom is -0.377 e. The van der Waals surface area contributed by atoms with E-state index in [0.717, 1.165) is 0 Å². The number of fused-ring (bicyclic) bond motifs is 7. The summed E-state index contributed by atoms with van der Waals surface area (Å²) in [6, 6.07) is 0. The van der Waals surface area contributed by atoms with E-state index < -0.39 is 5.60 Å². The lowest BCUT2D eigenvalue weighted by molar-refractivity contribution is -0.280. The zero-order valence-corrected chi connectivity index (χ0v) is 25.3. The van der Waals surface area contributed by atoms with Crippen molar-refractivity contribution in [3.8, 4) is 0 Å². The van der Waals surface area contributed by atoms with Crippen LogP contribution in [0.2, 0.25) is 0 Å². The van der Waals surface area contributed by atoms with E-state index in [9.17, 15) is 0 Å². The third-order valence-electron chi connectivity index (χ3n) is 10.9. The smallest absolute Gasteiger partial charge is 0.105 e. The Labute approximate surface area is 232 Å². The molecule has 220 valence electrons. The SMILES string of the molecule is CC(C)(C)C1(C(C)(C)C)COCCOCCOCCOCCOC2(C3CCCCC32)C2(O1)C1CCCCC12. The average molecular weight is 537 g/mol. The van der Waals surface area contributed by atoms with Gasteiger partial charge in [0.15, 0.2) is 0 Å². The Kier molecular flexibility index (Phi) is 8.63. The van der Waals surface area contributed by atoms with E-state index >= 15 is 0 Å².